The van der Waals surface area contributed by atoms with Gasteiger partial charge in [-0.15, -0.1) is 0 Å². The van der Waals surface area contributed by atoms with Crippen LogP contribution >= 0.6 is 0 Å². The SMILES string of the molecule is C/C=C1\CN2CC[C@@]34c5ccccc5N5/C=C6/[C@H]7C[C@@H]8N(CC[C@@]89c8ccccc8N(/C=C(/[C@H]1C[C@H]23)[C@H]54)[C@@H]69)C/C7=C\C. The van der Waals surface area contributed by atoms with Crippen molar-refractivity contribution in [1.29, 1.82) is 0 Å². The molecular formula is C38H40N4. The maximum absolute atomic E-state index is 2.86. The summed E-state index contributed by atoms with van der Waals surface area (Å²) in [4.78, 5) is 11.4. The quantitative estimate of drug-likeness (QED) is 0.365. The Hall–Kier alpha value is -3.08. The lowest BCUT2D eigenvalue weighted by Gasteiger charge is -2.57. The number of piperidine rings is 2. The molecule has 42 heavy (non-hydrogen) atoms. The lowest BCUT2D eigenvalue weighted by atomic mass is 9.56. The maximum Gasteiger partial charge on any atom is 0.0681 e. The van der Waals surface area contributed by atoms with Gasteiger partial charge in [0.1, 0.15) is 0 Å². The number of benzene rings is 2. The monoisotopic (exact) mass is 552 g/mol. The van der Waals surface area contributed by atoms with E-state index >= 15 is 0 Å². The second kappa shape index (κ2) is 7.52. The molecular weight excluding hydrogens is 512 g/mol. The van der Waals surface area contributed by atoms with Gasteiger partial charge in [-0.05, 0) is 87.0 Å². The largest absolute Gasteiger partial charge is 0.339 e. The summed E-state index contributed by atoms with van der Waals surface area (Å²) >= 11 is 0. The molecule has 0 radical (unpaired) electrons. The van der Waals surface area contributed by atoms with Gasteiger partial charge in [-0.3, -0.25) is 9.80 Å². The molecule has 7 aliphatic heterocycles. The van der Waals surface area contributed by atoms with Crippen molar-refractivity contribution in [2.75, 3.05) is 36.0 Å². The van der Waals surface area contributed by atoms with Gasteiger partial charge in [0.15, 0.2) is 0 Å². The summed E-state index contributed by atoms with van der Waals surface area (Å²) in [7, 11) is 0. The second-order valence-electron chi connectivity index (χ2n) is 14.8. The molecule has 0 aromatic heterocycles. The summed E-state index contributed by atoms with van der Waals surface area (Å²) < 4.78 is 0. The molecule has 4 heteroatoms. The third kappa shape index (κ3) is 2.33. The second-order valence-corrected chi connectivity index (χ2v) is 14.8. The minimum absolute atomic E-state index is 0.177. The molecule has 11 rings (SSSR count). The average Bonchev–Trinajstić information content (AvgIpc) is 3.75. The molecule has 4 bridgehead atoms. The molecule has 2 aromatic rings. The first kappa shape index (κ1) is 23.4. The van der Waals surface area contributed by atoms with Crippen molar-refractivity contribution in [3.05, 3.63) is 107 Å². The van der Waals surface area contributed by atoms with Crippen molar-refractivity contribution >= 4 is 11.4 Å². The van der Waals surface area contributed by atoms with E-state index in [2.05, 4.69) is 107 Å². The molecule has 7 heterocycles. The van der Waals surface area contributed by atoms with Gasteiger partial charge in [-0.25, -0.2) is 0 Å². The van der Waals surface area contributed by atoms with Crippen molar-refractivity contribution in [2.45, 2.75) is 74.5 Å². The number of fused-ring (bicyclic) bond motifs is 8. The zero-order chi connectivity index (χ0) is 27.5. The lowest BCUT2D eigenvalue weighted by molar-refractivity contribution is 0.122. The Balaban J connectivity index is 1.25. The van der Waals surface area contributed by atoms with Crippen LogP contribution in [0.2, 0.25) is 0 Å². The van der Waals surface area contributed by atoms with Gasteiger partial charge in [0.25, 0.3) is 0 Å². The molecule has 2 spiro atoms. The van der Waals surface area contributed by atoms with Gasteiger partial charge in [0.05, 0.1) is 12.1 Å². The third-order valence-corrected chi connectivity index (χ3v) is 13.9. The molecule has 8 atom stereocenters. The average molecular weight is 553 g/mol. The van der Waals surface area contributed by atoms with E-state index in [-0.39, 0.29) is 10.8 Å². The zero-order valence-corrected chi connectivity index (χ0v) is 24.8. The molecule has 4 saturated heterocycles. The fourth-order valence-corrected chi connectivity index (χ4v) is 12.5. The number of para-hydroxylation sites is 2. The number of anilines is 2. The highest BCUT2D eigenvalue weighted by Gasteiger charge is 2.69. The van der Waals surface area contributed by atoms with Crippen LogP contribution in [-0.2, 0) is 10.8 Å². The van der Waals surface area contributed by atoms with Crippen LogP contribution in [0.5, 0.6) is 0 Å². The van der Waals surface area contributed by atoms with Gasteiger partial charge in [-0.2, -0.15) is 0 Å². The summed E-state index contributed by atoms with van der Waals surface area (Å²) in [5.41, 5.74) is 13.3. The normalized spacial score (nSPS) is 46.0. The summed E-state index contributed by atoms with van der Waals surface area (Å²) in [6.45, 7) is 9.33. The number of allylic oxidation sites excluding steroid dienone is 2. The third-order valence-electron chi connectivity index (χ3n) is 13.9. The van der Waals surface area contributed by atoms with Crippen molar-refractivity contribution < 1.29 is 0 Å². The molecule has 0 amide bonds. The molecule has 212 valence electrons. The van der Waals surface area contributed by atoms with Crippen molar-refractivity contribution in [3.63, 3.8) is 0 Å². The van der Waals surface area contributed by atoms with Gasteiger partial charge >= 0.3 is 0 Å². The Morgan fingerprint density at radius 1 is 0.643 bits per heavy atom. The highest BCUT2D eigenvalue weighted by atomic mass is 15.3. The topological polar surface area (TPSA) is 13.0 Å². The van der Waals surface area contributed by atoms with Crippen LogP contribution in [-0.4, -0.2) is 60.1 Å². The van der Waals surface area contributed by atoms with E-state index in [1.165, 1.54) is 50.1 Å². The summed E-state index contributed by atoms with van der Waals surface area (Å²) in [6, 6.07) is 21.2. The van der Waals surface area contributed by atoms with Gasteiger partial charge in [0.2, 0.25) is 0 Å². The molecule has 9 aliphatic rings. The van der Waals surface area contributed by atoms with Crippen LogP contribution in [0.1, 0.15) is 50.7 Å². The Morgan fingerprint density at radius 2 is 1.10 bits per heavy atom. The first-order valence-corrected chi connectivity index (χ1v) is 16.7. The van der Waals surface area contributed by atoms with Crippen LogP contribution in [0.15, 0.2) is 95.4 Å². The van der Waals surface area contributed by atoms with E-state index in [1.54, 1.807) is 33.4 Å². The molecule has 0 N–H and O–H groups in total. The fourth-order valence-electron chi connectivity index (χ4n) is 12.5. The molecule has 2 aromatic carbocycles. The van der Waals surface area contributed by atoms with Crippen LogP contribution in [0.25, 0.3) is 0 Å². The molecule has 0 unspecified atom stereocenters. The Morgan fingerprint density at radius 3 is 1.55 bits per heavy atom. The minimum atomic E-state index is 0.177. The Labute approximate surface area is 249 Å². The van der Waals surface area contributed by atoms with Crippen LogP contribution in [0.3, 0.4) is 0 Å². The molecule has 2 saturated carbocycles. The van der Waals surface area contributed by atoms with Crippen LogP contribution < -0.4 is 9.80 Å². The summed E-state index contributed by atoms with van der Waals surface area (Å²) in [6.07, 6.45) is 15.5. The Kier molecular flexibility index (Phi) is 4.19. The summed E-state index contributed by atoms with van der Waals surface area (Å²) in [5.74, 6) is 1.08. The molecule has 4 nitrogen and oxygen atoms in total. The molecule has 6 fully saturated rings. The van der Waals surface area contributed by atoms with E-state index < -0.39 is 0 Å². The van der Waals surface area contributed by atoms with Gasteiger partial charge in [-0.1, -0.05) is 59.7 Å². The van der Waals surface area contributed by atoms with E-state index in [4.69, 9.17) is 0 Å². The maximum atomic E-state index is 2.86. The summed E-state index contributed by atoms with van der Waals surface area (Å²) in [5, 5.41) is 0. The van der Waals surface area contributed by atoms with Gasteiger partial charge in [0, 0.05) is 71.6 Å². The van der Waals surface area contributed by atoms with Crippen molar-refractivity contribution in [2.24, 2.45) is 11.8 Å². The number of rotatable bonds is 0. The Bertz CT molecular complexity index is 1590. The van der Waals surface area contributed by atoms with Crippen molar-refractivity contribution in [3.8, 4) is 0 Å². The number of hydrogen-bond acceptors (Lipinski definition) is 4. The first-order chi connectivity index (χ1) is 20.7. The smallest absolute Gasteiger partial charge is 0.0681 e. The predicted octanol–water partition coefficient (Wildman–Crippen LogP) is 6.13. The standard InChI is InChI=1S/C38H40N4/c1-3-23-19-39-15-13-37-29-9-5-8-12-32(29)42-22-28-26-18-34-38(14-16-40(34)20-24(26)4-2)30-10-6-7-11-31(30)41(36(28)38)21-27(35(37)42)25(23)17-33(37)39/h3-12,21-22,25-26,33-36H,13-20H2,1-2H3/b23-3+,24-4+,27-21-,28-22-/t25-,26-,33-,34-,35-,36-,37+,38+/m0/s1. The van der Waals surface area contributed by atoms with E-state index in [1.807, 2.05) is 0 Å². The lowest BCUT2D eigenvalue weighted by Crippen LogP contribution is -2.63. The zero-order valence-electron chi connectivity index (χ0n) is 24.8. The highest BCUT2D eigenvalue weighted by Crippen LogP contribution is 2.67. The fraction of sp³-hybridized carbons (Fsp3) is 0.474. The van der Waals surface area contributed by atoms with Crippen LogP contribution in [0.4, 0.5) is 11.4 Å². The van der Waals surface area contributed by atoms with Gasteiger partial charge < -0.3 is 9.80 Å². The first-order valence-electron chi connectivity index (χ1n) is 16.7. The molecule has 2 aliphatic carbocycles. The number of nitrogens with zero attached hydrogens (tertiary/aromatic N) is 4. The van der Waals surface area contributed by atoms with Crippen molar-refractivity contribution in [1.82, 2.24) is 9.80 Å². The minimum Gasteiger partial charge on any atom is -0.339 e. The van der Waals surface area contributed by atoms with Crippen LogP contribution in [0, 0.1) is 11.8 Å². The highest BCUT2D eigenvalue weighted by molar-refractivity contribution is 5.77. The van der Waals surface area contributed by atoms with E-state index in [9.17, 15) is 0 Å². The number of hydrogen-bond donors (Lipinski definition) is 0. The predicted molar refractivity (Wildman–Crippen MR) is 169 cm³/mol. The van der Waals surface area contributed by atoms with E-state index in [0.29, 0.717) is 36.0 Å². The van der Waals surface area contributed by atoms with E-state index in [0.717, 1.165) is 13.1 Å².